The first-order valence-corrected chi connectivity index (χ1v) is 5.17. The third-order valence-electron chi connectivity index (χ3n) is 2.64. The van der Waals surface area contributed by atoms with Gasteiger partial charge >= 0.3 is 5.97 Å². The first kappa shape index (κ1) is 9.21. The van der Waals surface area contributed by atoms with E-state index >= 15 is 0 Å². The van der Waals surface area contributed by atoms with Gasteiger partial charge in [0.05, 0.1) is 0 Å². The summed E-state index contributed by atoms with van der Waals surface area (Å²) in [5.41, 5.74) is 0.510. The van der Waals surface area contributed by atoms with Crippen LogP contribution in [0.15, 0.2) is 36.4 Å². The molecule has 80 valence electrons. The molecule has 1 heterocycles. The van der Waals surface area contributed by atoms with Gasteiger partial charge in [-0.05, 0) is 22.9 Å². The third kappa shape index (κ3) is 1.41. The maximum atomic E-state index is 11.6. The Labute approximate surface area is 92.6 Å². The van der Waals surface area contributed by atoms with E-state index in [0.29, 0.717) is 24.5 Å². The van der Waals surface area contributed by atoms with Gasteiger partial charge in [-0.1, -0.05) is 24.3 Å². The van der Waals surface area contributed by atoms with Gasteiger partial charge in [0.15, 0.2) is 0 Å². The highest BCUT2D eigenvalue weighted by atomic mass is 16.6. The number of hydrogen-bond acceptors (Lipinski definition) is 3. The molecule has 2 aromatic rings. The minimum Gasteiger partial charge on any atom is -0.489 e. The van der Waals surface area contributed by atoms with Crippen molar-refractivity contribution in [3.05, 3.63) is 42.0 Å². The molecule has 0 radical (unpaired) electrons. The Kier molecular flexibility index (Phi) is 2.03. The highest BCUT2D eigenvalue weighted by Gasteiger charge is 2.18. The summed E-state index contributed by atoms with van der Waals surface area (Å²) in [5, 5.41) is 2.08. The first-order valence-electron chi connectivity index (χ1n) is 5.17. The molecule has 2 aromatic carbocycles. The van der Waals surface area contributed by atoms with Crippen molar-refractivity contribution in [1.29, 1.82) is 0 Å². The topological polar surface area (TPSA) is 35.5 Å². The molecule has 1 aliphatic heterocycles. The van der Waals surface area contributed by atoms with Crippen molar-refractivity contribution < 1.29 is 14.3 Å². The standard InChI is InChI=1S/C13H10O3/c14-13-11-7-9-3-1-2-4-10(9)8-12(11)15-5-6-16-13/h1-4,7-8H,5-6H2. The van der Waals surface area contributed by atoms with Crippen LogP contribution in [0.2, 0.25) is 0 Å². The van der Waals surface area contributed by atoms with Crippen LogP contribution in [0.25, 0.3) is 10.8 Å². The van der Waals surface area contributed by atoms with Gasteiger partial charge in [-0.25, -0.2) is 4.79 Å². The molecule has 0 spiro atoms. The predicted octanol–water partition coefficient (Wildman–Crippen LogP) is 2.39. The Hall–Kier alpha value is -2.03. The number of benzene rings is 2. The van der Waals surface area contributed by atoms with Crippen LogP contribution in [-0.4, -0.2) is 19.2 Å². The molecule has 0 bridgehead atoms. The molecule has 0 aliphatic carbocycles. The Balaban J connectivity index is 2.27. The SMILES string of the molecule is O=C1OCCOc2cc3ccccc3cc21. The van der Waals surface area contributed by atoms with Gasteiger partial charge in [-0.3, -0.25) is 0 Å². The number of hydrogen-bond donors (Lipinski definition) is 0. The molecule has 3 nitrogen and oxygen atoms in total. The zero-order valence-corrected chi connectivity index (χ0v) is 8.60. The summed E-state index contributed by atoms with van der Waals surface area (Å²) >= 11 is 0. The summed E-state index contributed by atoms with van der Waals surface area (Å²) < 4.78 is 10.5. The van der Waals surface area contributed by atoms with E-state index in [1.165, 1.54) is 0 Å². The lowest BCUT2D eigenvalue weighted by molar-refractivity contribution is 0.0492. The summed E-state index contributed by atoms with van der Waals surface area (Å²) in [6.45, 7) is 0.723. The average molecular weight is 214 g/mol. The largest absolute Gasteiger partial charge is 0.489 e. The van der Waals surface area contributed by atoms with Gasteiger partial charge < -0.3 is 9.47 Å². The van der Waals surface area contributed by atoms with Crippen molar-refractivity contribution in [2.75, 3.05) is 13.2 Å². The van der Waals surface area contributed by atoms with Gasteiger partial charge in [-0.15, -0.1) is 0 Å². The molecule has 0 amide bonds. The molecule has 0 unspecified atom stereocenters. The molecule has 0 atom stereocenters. The summed E-state index contributed by atoms with van der Waals surface area (Å²) in [4.78, 5) is 11.6. The van der Waals surface area contributed by atoms with Gasteiger partial charge in [0.1, 0.15) is 24.5 Å². The lowest BCUT2D eigenvalue weighted by Gasteiger charge is -2.06. The quantitative estimate of drug-likeness (QED) is 0.631. The maximum Gasteiger partial charge on any atom is 0.342 e. The molecule has 16 heavy (non-hydrogen) atoms. The number of carbonyl (C=O) groups is 1. The van der Waals surface area contributed by atoms with E-state index < -0.39 is 0 Å². The Morgan fingerprint density at radius 2 is 1.62 bits per heavy atom. The van der Waals surface area contributed by atoms with Crippen LogP contribution >= 0.6 is 0 Å². The molecular weight excluding hydrogens is 204 g/mol. The van der Waals surface area contributed by atoms with Crippen molar-refractivity contribution in [3.8, 4) is 5.75 Å². The summed E-state index contributed by atoms with van der Waals surface area (Å²) in [6.07, 6.45) is 0. The second-order valence-corrected chi connectivity index (χ2v) is 3.68. The van der Waals surface area contributed by atoms with Crippen LogP contribution in [0, 0.1) is 0 Å². The maximum absolute atomic E-state index is 11.6. The summed E-state index contributed by atoms with van der Waals surface area (Å²) in [7, 11) is 0. The van der Waals surface area contributed by atoms with Crippen molar-refractivity contribution in [2.45, 2.75) is 0 Å². The number of esters is 1. The van der Waals surface area contributed by atoms with E-state index in [4.69, 9.17) is 9.47 Å². The van der Waals surface area contributed by atoms with Gasteiger partial charge in [0, 0.05) is 0 Å². The van der Waals surface area contributed by atoms with Crippen LogP contribution < -0.4 is 4.74 Å². The highest BCUT2D eigenvalue weighted by molar-refractivity contribution is 5.98. The predicted molar refractivity (Wildman–Crippen MR) is 59.7 cm³/mol. The lowest BCUT2D eigenvalue weighted by Crippen LogP contribution is -2.05. The van der Waals surface area contributed by atoms with Gasteiger partial charge in [0.2, 0.25) is 0 Å². The Morgan fingerprint density at radius 3 is 2.44 bits per heavy atom. The lowest BCUT2D eigenvalue weighted by atomic mass is 10.1. The molecular formula is C13H10O3. The molecule has 3 heteroatoms. The van der Waals surface area contributed by atoms with Crippen LogP contribution in [0.1, 0.15) is 10.4 Å². The van der Waals surface area contributed by atoms with E-state index in [9.17, 15) is 4.79 Å². The van der Waals surface area contributed by atoms with E-state index in [0.717, 1.165) is 10.8 Å². The van der Waals surface area contributed by atoms with E-state index in [1.54, 1.807) is 0 Å². The fraction of sp³-hybridized carbons (Fsp3) is 0.154. The van der Waals surface area contributed by atoms with Crippen molar-refractivity contribution in [3.63, 3.8) is 0 Å². The number of carbonyl (C=O) groups excluding carboxylic acids is 1. The fourth-order valence-electron chi connectivity index (χ4n) is 1.86. The number of fused-ring (bicyclic) bond motifs is 2. The molecule has 0 saturated heterocycles. The smallest absolute Gasteiger partial charge is 0.342 e. The number of rotatable bonds is 0. The highest BCUT2D eigenvalue weighted by Crippen LogP contribution is 2.27. The fourth-order valence-corrected chi connectivity index (χ4v) is 1.86. The Morgan fingerprint density at radius 1 is 0.938 bits per heavy atom. The number of ether oxygens (including phenoxy) is 2. The monoisotopic (exact) mass is 214 g/mol. The molecule has 0 fully saturated rings. The van der Waals surface area contributed by atoms with E-state index in [-0.39, 0.29) is 5.97 Å². The minimum absolute atomic E-state index is 0.307. The summed E-state index contributed by atoms with van der Waals surface area (Å²) in [6, 6.07) is 11.6. The van der Waals surface area contributed by atoms with Crippen LogP contribution in [-0.2, 0) is 4.74 Å². The van der Waals surface area contributed by atoms with Gasteiger partial charge in [-0.2, -0.15) is 0 Å². The molecule has 0 N–H and O–H groups in total. The second kappa shape index (κ2) is 3.52. The van der Waals surface area contributed by atoms with E-state index in [1.807, 2.05) is 36.4 Å². The Bertz CT molecular complexity index is 560. The summed E-state index contributed by atoms with van der Waals surface area (Å²) in [5.74, 6) is 0.305. The van der Waals surface area contributed by atoms with Crippen molar-refractivity contribution >= 4 is 16.7 Å². The van der Waals surface area contributed by atoms with Crippen LogP contribution in [0.5, 0.6) is 5.75 Å². The molecule has 0 aromatic heterocycles. The van der Waals surface area contributed by atoms with Crippen LogP contribution in [0.4, 0.5) is 0 Å². The van der Waals surface area contributed by atoms with Gasteiger partial charge in [0.25, 0.3) is 0 Å². The third-order valence-corrected chi connectivity index (χ3v) is 2.64. The number of cyclic esters (lactones) is 1. The molecule has 3 rings (SSSR count). The average Bonchev–Trinajstić information content (AvgIpc) is 2.49. The zero-order valence-electron chi connectivity index (χ0n) is 8.60. The van der Waals surface area contributed by atoms with Crippen molar-refractivity contribution in [1.82, 2.24) is 0 Å². The minimum atomic E-state index is -0.307. The van der Waals surface area contributed by atoms with E-state index in [2.05, 4.69) is 0 Å². The van der Waals surface area contributed by atoms with Crippen LogP contribution in [0.3, 0.4) is 0 Å². The second-order valence-electron chi connectivity index (χ2n) is 3.68. The normalized spacial score (nSPS) is 14.9. The molecule has 0 saturated carbocycles. The molecule has 1 aliphatic rings. The van der Waals surface area contributed by atoms with Crippen molar-refractivity contribution in [2.24, 2.45) is 0 Å². The first-order chi connectivity index (χ1) is 7.84. The zero-order chi connectivity index (χ0) is 11.0.